The first kappa shape index (κ1) is 18.3. The average Bonchev–Trinajstić information content (AvgIpc) is 3.17. The van der Waals surface area contributed by atoms with Crippen LogP contribution in [-0.4, -0.2) is 24.6 Å². The molecule has 1 unspecified atom stereocenters. The molecule has 7 heteroatoms. The van der Waals surface area contributed by atoms with Crippen LogP contribution in [-0.2, 0) is 5.54 Å². The van der Waals surface area contributed by atoms with Crippen LogP contribution >= 0.6 is 11.3 Å². The van der Waals surface area contributed by atoms with Crippen LogP contribution in [0.2, 0.25) is 0 Å². The largest absolute Gasteiger partial charge is 0.372 e. The van der Waals surface area contributed by atoms with Crippen molar-refractivity contribution in [2.75, 3.05) is 0 Å². The van der Waals surface area contributed by atoms with Crippen molar-refractivity contribution in [2.45, 2.75) is 46.6 Å². The van der Waals surface area contributed by atoms with E-state index < -0.39 is 0 Å². The molecule has 3 aromatic heterocycles. The normalized spacial score (nSPS) is 13.6. The Hall–Kier alpha value is -2.54. The lowest BCUT2D eigenvalue weighted by molar-refractivity contribution is 0.406. The number of aryl methyl sites for hydroxylation is 3. The molecule has 3 rings (SSSR count). The Bertz CT molecular complexity index is 999. The summed E-state index contributed by atoms with van der Waals surface area (Å²) in [5.41, 5.74) is 4.74. The molecule has 0 bridgehead atoms. The van der Waals surface area contributed by atoms with Crippen molar-refractivity contribution in [3.8, 4) is 0 Å². The van der Waals surface area contributed by atoms with Gasteiger partial charge in [0.2, 0.25) is 0 Å². The summed E-state index contributed by atoms with van der Waals surface area (Å²) < 4.78 is 2.03. The number of hydrogen-bond donors (Lipinski definition) is 1. The minimum absolute atomic E-state index is 0.344. The van der Waals surface area contributed by atoms with Gasteiger partial charge >= 0.3 is 0 Å². The summed E-state index contributed by atoms with van der Waals surface area (Å²) in [5.74, 6) is 0. The van der Waals surface area contributed by atoms with Crippen molar-refractivity contribution in [1.29, 1.82) is 0 Å². The summed E-state index contributed by atoms with van der Waals surface area (Å²) in [5, 5.41) is 14.0. The van der Waals surface area contributed by atoms with Crippen molar-refractivity contribution < 1.29 is 0 Å². The predicted molar refractivity (Wildman–Crippen MR) is 107 cm³/mol. The molecule has 0 spiro atoms. The Morgan fingerprint density at radius 3 is 2.62 bits per heavy atom. The molecule has 0 aliphatic carbocycles. The monoisotopic (exact) mass is 368 g/mol. The Kier molecular flexibility index (Phi) is 4.66. The van der Waals surface area contributed by atoms with Gasteiger partial charge in [0.1, 0.15) is 15.7 Å². The molecule has 1 atom stereocenters. The van der Waals surface area contributed by atoms with Gasteiger partial charge in [-0.1, -0.05) is 31.4 Å². The Morgan fingerprint density at radius 1 is 1.31 bits per heavy atom. The van der Waals surface area contributed by atoms with Crippen LogP contribution in [0.25, 0.3) is 17.4 Å². The molecule has 3 heterocycles. The molecule has 3 aromatic rings. The van der Waals surface area contributed by atoms with Crippen molar-refractivity contribution in [3.05, 3.63) is 52.1 Å². The highest BCUT2D eigenvalue weighted by molar-refractivity contribution is 7.11. The molecule has 0 fully saturated rings. The number of nitrogens with one attached hydrogen (secondary N) is 1. The minimum atomic E-state index is -0.344. The van der Waals surface area contributed by atoms with Crippen molar-refractivity contribution in [2.24, 2.45) is 0 Å². The minimum Gasteiger partial charge on any atom is -0.372 e. The summed E-state index contributed by atoms with van der Waals surface area (Å²) >= 11 is 1.60. The highest BCUT2D eigenvalue weighted by atomic mass is 32.1. The second-order valence-electron chi connectivity index (χ2n) is 6.63. The maximum atomic E-state index is 4.68. The number of nitrogens with zero attached hydrogens (tertiary/aromatic N) is 5. The van der Waals surface area contributed by atoms with Crippen LogP contribution in [0.5, 0.6) is 0 Å². The number of aromatic nitrogens is 5. The van der Waals surface area contributed by atoms with E-state index in [0.29, 0.717) is 0 Å². The fourth-order valence-electron chi connectivity index (χ4n) is 3.01. The molecule has 0 saturated carbocycles. The molecular formula is C19H24N6S. The molecule has 0 aliphatic rings. The van der Waals surface area contributed by atoms with E-state index in [0.717, 1.165) is 50.6 Å². The molecule has 1 N–H and O–H groups in total. The van der Waals surface area contributed by atoms with Gasteiger partial charge in [0.15, 0.2) is 5.65 Å². The molecule has 0 saturated heterocycles. The zero-order chi connectivity index (χ0) is 19.1. The second kappa shape index (κ2) is 6.64. The highest BCUT2D eigenvalue weighted by Crippen LogP contribution is 2.31. The first-order chi connectivity index (χ1) is 12.3. The van der Waals surface area contributed by atoms with E-state index in [1.54, 1.807) is 17.4 Å². The molecular weight excluding hydrogens is 344 g/mol. The van der Waals surface area contributed by atoms with Crippen LogP contribution < -0.4 is 5.32 Å². The quantitative estimate of drug-likeness (QED) is 0.711. The van der Waals surface area contributed by atoms with E-state index >= 15 is 0 Å². The van der Waals surface area contributed by atoms with E-state index in [9.17, 15) is 0 Å². The highest BCUT2D eigenvalue weighted by Gasteiger charge is 2.30. The van der Waals surface area contributed by atoms with Crippen molar-refractivity contribution in [1.82, 2.24) is 29.9 Å². The van der Waals surface area contributed by atoms with E-state index in [1.165, 1.54) is 0 Å². The third-order valence-corrected chi connectivity index (χ3v) is 5.64. The zero-order valence-corrected chi connectivity index (χ0v) is 16.7. The molecule has 0 aliphatic heterocycles. The van der Waals surface area contributed by atoms with Crippen molar-refractivity contribution >= 4 is 28.8 Å². The fraction of sp³-hybridized carbons (Fsp3) is 0.368. The number of rotatable bonds is 6. The standard InChI is InChI=1S/C19H24N6S/c1-8-15-17-21-12(4)16(25(17)10-11(3)20-15)13(5)22-19(7,9-2)18-24-23-14(6)26-18/h8,10,22H,1,5,9H2,2-4,6-7H3. The third-order valence-electron chi connectivity index (χ3n) is 4.54. The molecule has 26 heavy (non-hydrogen) atoms. The molecule has 0 amide bonds. The summed E-state index contributed by atoms with van der Waals surface area (Å²) in [6, 6.07) is 0. The first-order valence-corrected chi connectivity index (χ1v) is 9.37. The van der Waals surface area contributed by atoms with Crippen molar-refractivity contribution in [3.63, 3.8) is 0 Å². The van der Waals surface area contributed by atoms with Crippen LogP contribution in [0.1, 0.15) is 53.1 Å². The number of hydrogen-bond acceptors (Lipinski definition) is 6. The summed E-state index contributed by atoms with van der Waals surface area (Å²) in [4.78, 5) is 9.19. The van der Waals surface area contributed by atoms with Crippen LogP contribution in [0.3, 0.4) is 0 Å². The van der Waals surface area contributed by atoms with E-state index in [2.05, 4.69) is 52.5 Å². The average molecular weight is 369 g/mol. The van der Waals surface area contributed by atoms with Gasteiger partial charge in [-0.05, 0) is 40.2 Å². The Morgan fingerprint density at radius 2 is 2.04 bits per heavy atom. The molecule has 136 valence electrons. The first-order valence-electron chi connectivity index (χ1n) is 8.56. The van der Waals surface area contributed by atoms with E-state index in [4.69, 9.17) is 0 Å². The topological polar surface area (TPSA) is 68.0 Å². The summed E-state index contributed by atoms with van der Waals surface area (Å²) in [7, 11) is 0. The molecule has 0 radical (unpaired) electrons. The summed E-state index contributed by atoms with van der Waals surface area (Å²) in [6.07, 6.45) is 4.56. The lowest BCUT2D eigenvalue weighted by Gasteiger charge is -2.29. The Labute approximate surface area is 157 Å². The Balaban J connectivity index is 2.06. The van der Waals surface area contributed by atoms with E-state index in [1.807, 2.05) is 31.4 Å². The number of imidazole rings is 1. The fourth-order valence-corrected chi connectivity index (χ4v) is 3.88. The van der Waals surface area contributed by atoms with Gasteiger partial charge in [-0.25, -0.2) is 9.97 Å². The second-order valence-corrected chi connectivity index (χ2v) is 7.81. The number of fused-ring (bicyclic) bond motifs is 1. The van der Waals surface area contributed by atoms with E-state index in [-0.39, 0.29) is 5.54 Å². The van der Waals surface area contributed by atoms with Gasteiger partial charge in [0, 0.05) is 6.20 Å². The van der Waals surface area contributed by atoms with Gasteiger partial charge in [-0.2, -0.15) is 0 Å². The maximum absolute atomic E-state index is 4.68. The lowest BCUT2D eigenvalue weighted by Crippen LogP contribution is -2.37. The predicted octanol–water partition coefficient (Wildman–Crippen LogP) is 4.03. The van der Waals surface area contributed by atoms with Gasteiger partial charge in [0.05, 0.1) is 28.3 Å². The third kappa shape index (κ3) is 3.03. The van der Waals surface area contributed by atoms with Crippen LogP contribution in [0.4, 0.5) is 0 Å². The SMILES string of the molecule is C=Cc1nc(C)cn2c(C(=C)NC(C)(CC)c3nnc(C)s3)c(C)nc12. The smallest absolute Gasteiger partial charge is 0.163 e. The van der Waals surface area contributed by atoms with Crippen LogP contribution in [0.15, 0.2) is 19.4 Å². The lowest BCUT2D eigenvalue weighted by atomic mass is 9.99. The van der Waals surface area contributed by atoms with Gasteiger partial charge in [-0.3, -0.25) is 4.40 Å². The maximum Gasteiger partial charge on any atom is 0.163 e. The van der Waals surface area contributed by atoms with Gasteiger partial charge in [0.25, 0.3) is 0 Å². The summed E-state index contributed by atoms with van der Waals surface area (Å²) in [6.45, 7) is 18.3. The zero-order valence-electron chi connectivity index (χ0n) is 15.9. The van der Waals surface area contributed by atoms with Gasteiger partial charge in [-0.15, -0.1) is 10.2 Å². The molecule has 0 aromatic carbocycles. The van der Waals surface area contributed by atoms with Gasteiger partial charge < -0.3 is 5.32 Å². The van der Waals surface area contributed by atoms with Crippen LogP contribution in [0, 0.1) is 20.8 Å². The molecule has 6 nitrogen and oxygen atoms in total.